The molecular formula is C42H73N3O29. The highest BCUT2D eigenvalue weighted by Gasteiger charge is 2.55. The third kappa shape index (κ3) is 15.1. The summed E-state index contributed by atoms with van der Waals surface area (Å²) < 4.78 is 63.4. The number of aliphatic hydroxyl groups excluding tert-OH is 15. The van der Waals surface area contributed by atoms with Gasteiger partial charge in [-0.3, -0.25) is 14.4 Å². The predicted octanol–water partition coefficient (Wildman–Crippen LogP) is -11.7. The first-order valence-corrected chi connectivity index (χ1v) is 23.8. The Hall–Kier alpha value is -2.63. The number of hydrogen-bond donors (Lipinski definition) is 18. The van der Waals surface area contributed by atoms with Gasteiger partial charge in [-0.25, -0.2) is 0 Å². The van der Waals surface area contributed by atoms with Gasteiger partial charge in [0.05, 0.1) is 65.0 Å². The fourth-order valence-corrected chi connectivity index (χ4v) is 8.92. The van der Waals surface area contributed by atoms with Gasteiger partial charge in [0.15, 0.2) is 31.5 Å². The smallest absolute Gasteiger partial charge is 0.217 e. The largest absolute Gasteiger partial charge is 0.394 e. The van der Waals surface area contributed by atoms with Crippen LogP contribution in [-0.2, 0) is 66.5 Å². The summed E-state index contributed by atoms with van der Waals surface area (Å²) in [5.41, 5.74) is 0. The molecule has 0 saturated carbocycles. The summed E-state index contributed by atoms with van der Waals surface area (Å²) >= 11 is 0. The standard InChI is InChI=1S/C42H73N3O29/c1-13-25(54)31(60)33(62)41(68-13)72-35-17(43-14(2)50)10-65-20(8-48)37(35)74-39-24(45-16(4)52)30(59)36(21(9-49)70-39)73-42-34(63)32(61)28(57)22(71-42)12-67-40(64-6-5-46)26(55)18(53)11-66-38-23(44-15(3)51)29(58)27(56)19(7-47)69-38/h13,17-42,46-49,53-63H,5-12H2,1-4H3,(H,43,50)(H,44,51)(H,45,52)/t13-,17-,18-,19+,20+,21+,22+,23+,24+,25+,26-,27+,28+,29+,30+,31+,32-,33-,34-,35+,36+,37+,38-,39-,40-,41-,42-/m0/s1. The molecule has 5 rings (SSSR count). The summed E-state index contributed by atoms with van der Waals surface area (Å²) in [6.07, 6.45) is -41.7. The van der Waals surface area contributed by atoms with Crippen molar-refractivity contribution in [1.29, 1.82) is 0 Å². The maximum atomic E-state index is 12.6. The molecule has 0 aromatic rings. The highest BCUT2D eigenvalue weighted by atomic mass is 16.8. The maximum absolute atomic E-state index is 12.6. The van der Waals surface area contributed by atoms with Crippen molar-refractivity contribution in [2.75, 3.05) is 52.9 Å². The Morgan fingerprint density at radius 2 is 1.05 bits per heavy atom. The molecule has 0 aromatic heterocycles. The molecule has 0 bridgehead atoms. The number of carbonyl (C=O) groups is 3. The van der Waals surface area contributed by atoms with Crippen molar-refractivity contribution in [2.24, 2.45) is 0 Å². The molecule has 32 nitrogen and oxygen atoms in total. The molecule has 5 fully saturated rings. The summed E-state index contributed by atoms with van der Waals surface area (Å²) in [6, 6.07) is -4.22. The van der Waals surface area contributed by atoms with Crippen molar-refractivity contribution < 1.29 is 143 Å². The fourth-order valence-electron chi connectivity index (χ4n) is 8.92. The number of nitrogens with one attached hydrogen (secondary N) is 3. The topological polar surface area (TPSA) is 492 Å². The van der Waals surface area contributed by atoms with Crippen molar-refractivity contribution in [1.82, 2.24) is 16.0 Å². The Balaban J connectivity index is 1.31. The summed E-state index contributed by atoms with van der Waals surface area (Å²) in [4.78, 5) is 36.8. The molecule has 0 radical (unpaired) electrons. The highest BCUT2D eigenvalue weighted by molar-refractivity contribution is 5.74. The van der Waals surface area contributed by atoms with E-state index >= 15 is 0 Å². The lowest BCUT2D eigenvalue weighted by atomic mass is 9.94. The average Bonchev–Trinajstić information content (AvgIpc) is 3.35. The van der Waals surface area contributed by atoms with Crippen LogP contribution in [0.4, 0.5) is 0 Å². The molecular weight excluding hydrogens is 1010 g/mol. The van der Waals surface area contributed by atoms with Gasteiger partial charge in [-0.2, -0.15) is 0 Å². The lowest BCUT2D eigenvalue weighted by Gasteiger charge is -2.50. The van der Waals surface area contributed by atoms with Gasteiger partial charge in [0.25, 0.3) is 0 Å². The first kappa shape index (κ1) is 62.2. The van der Waals surface area contributed by atoms with Crippen LogP contribution in [0.25, 0.3) is 0 Å². The molecule has 32 heteroatoms. The minimum atomic E-state index is -2.12. The van der Waals surface area contributed by atoms with Crippen LogP contribution < -0.4 is 16.0 Å². The van der Waals surface area contributed by atoms with E-state index in [4.69, 9.17) is 52.1 Å². The normalized spacial score (nSPS) is 43.2. The van der Waals surface area contributed by atoms with E-state index in [1.165, 1.54) is 13.8 Å². The van der Waals surface area contributed by atoms with Crippen LogP contribution in [0.3, 0.4) is 0 Å². The third-order valence-corrected chi connectivity index (χ3v) is 12.9. The molecule has 5 saturated heterocycles. The van der Waals surface area contributed by atoms with Crippen molar-refractivity contribution >= 4 is 17.7 Å². The van der Waals surface area contributed by atoms with Crippen LogP contribution >= 0.6 is 0 Å². The van der Waals surface area contributed by atoms with Crippen LogP contribution in [0.5, 0.6) is 0 Å². The summed E-state index contributed by atoms with van der Waals surface area (Å²) in [5.74, 6) is -2.06. The minimum Gasteiger partial charge on any atom is -0.394 e. The molecule has 5 heterocycles. The molecule has 0 spiro atoms. The second kappa shape index (κ2) is 28.3. The Bertz CT molecular complexity index is 1750. The second-order valence-corrected chi connectivity index (χ2v) is 18.4. The van der Waals surface area contributed by atoms with Crippen LogP contribution in [-0.4, -0.2) is 313 Å². The van der Waals surface area contributed by atoms with E-state index in [9.17, 15) is 91.0 Å². The van der Waals surface area contributed by atoms with E-state index < -0.39 is 230 Å². The molecule has 5 aliphatic heterocycles. The van der Waals surface area contributed by atoms with E-state index in [2.05, 4.69) is 16.0 Å². The van der Waals surface area contributed by atoms with Crippen LogP contribution in [0.1, 0.15) is 27.7 Å². The zero-order valence-electron chi connectivity index (χ0n) is 40.7. The van der Waals surface area contributed by atoms with E-state index in [0.717, 1.165) is 13.8 Å². The number of amides is 3. The minimum absolute atomic E-state index is 0.313. The predicted molar refractivity (Wildman–Crippen MR) is 234 cm³/mol. The van der Waals surface area contributed by atoms with E-state index in [1.807, 2.05) is 0 Å². The molecule has 0 aliphatic carbocycles. The molecule has 5 aliphatic rings. The van der Waals surface area contributed by atoms with Crippen LogP contribution in [0.2, 0.25) is 0 Å². The van der Waals surface area contributed by atoms with Crippen molar-refractivity contribution in [3.8, 4) is 0 Å². The van der Waals surface area contributed by atoms with E-state index in [0.29, 0.717) is 0 Å². The Kier molecular flexibility index (Phi) is 23.8. The number of rotatable bonds is 23. The lowest BCUT2D eigenvalue weighted by Crippen LogP contribution is -2.70. The maximum Gasteiger partial charge on any atom is 0.217 e. The molecule has 0 unspecified atom stereocenters. The number of carbonyl (C=O) groups excluding carboxylic acids is 3. The Labute approximate surface area is 422 Å². The van der Waals surface area contributed by atoms with Gasteiger partial charge in [0, 0.05) is 20.8 Å². The Morgan fingerprint density at radius 3 is 1.64 bits per heavy atom. The average molecular weight is 1080 g/mol. The summed E-state index contributed by atoms with van der Waals surface area (Å²) in [6.45, 7) is -1.01. The van der Waals surface area contributed by atoms with Crippen molar-refractivity contribution in [3.63, 3.8) is 0 Å². The van der Waals surface area contributed by atoms with Gasteiger partial charge in [0.1, 0.15) is 122 Å². The quantitative estimate of drug-likeness (QED) is 0.0423. The zero-order valence-corrected chi connectivity index (χ0v) is 40.7. The monoisotopic (exact) mass is 1080 g/mol. The second-order valence-electron chi connectivity index (χ2n) is 18.4. The van der Waals surface area contributed by atoms with Gasteiger partial charge in [-0.1, -0.05) is 0 Å². The fraction of sp³-hybridized carbons (Fsp3) is 0.929. The SMILES string of the molecule is CC(=O)N[C@H]1[C@H](O[C@H]2[C@H](O[C@@H]3O[C@@H](C)[C@@H](O)[C@@H](O)[C@@H]3O)[C@@H](NC(C)=O)CO[C@@H]2CO)O[C@H](CO)[C@@H](O[C@@H]2O[C@H](CO[C@H](OCCO)[C@@H](O)[C@@H](O)CO[C@H]3O[C@H](CO)[C@@H](O)[C@H](O)[C@H]3NC(C)=O)[C@@H](O)[C@H](O)[C@@H]2O)[C@@H]1O. The molecule has 18 N–H and O–H groups in total. The zero-order chi connectivity index (χ0) is 54.9. The van der Waals surface area contributed by atoms with Gasteiger partial charge >= 0.3 is 0 Å². The summed E-state index contributed by atoms with van der Waals surface area (Å²) in [7, 11) is 0. The molecule has 27 atom stereocenters. The van der Waals surface area contributed by atoms with E-state index in [-0.39, 0.29) is 6.61 Å². The first-order valence-electron chi connectivity index (χ1n) is 23.8. The van der Waals surface area contributed by atoms with Crippen LogP contribution in [0.15, 0.2) is 0 Å². The number of aliphatic hydroxyl groups is 15. The lowest BCUT2D eigenvalue weighted by molar-refractivity contribution is -0.366. The van der Waals surface area contributed by atoms with Crippen molar-refractivity contribution in [2.45, 2.75) is 193 Å². The van der Waals surface area contributed by atoms with Gasteiger partial charge in [-0.15, -0.1) is 0 Å². The molecule has 0 aromatic carbocycles. The molecule has 3 amide bonds. The molecule has 430 valence electrons. The third-order valence-electron chi connectivity index (χ3n) is 12.9. The first-order chi connectivity index (χ1) is 35.0. The van der Waals surface area contributed by atoms with Gasteiger partial charge in [-0.05, 0) is 6.92 Å². The van der Waals surface area contributed by atoms with E-state index in [1.54, 1.807) is 0 Å². The van der Waals surface area contributed by atoms with Gasteiger partial charge < -0.3 is 145 Å². The molecule has 74 heavy (non-hydrogen) atoms. The Morgan fingerprint density at radius 1 is 0.541 bits per heavy atom. The van der Waals surface area contributed by atoms with Crippen LogP contribution in [0, 0.1) is 0 Å². The van der Waals surface area contributed by atoms with Gasteiger partial charge in [0.2, 0.25) is 17.7 Å². The number of hydrogen-bond acceptors (Lipinski definition) is 29. The van der Waals surface area contributed by atoms with Crippen molar-refractivity contribution in [3.05, 3.63) is 0 Å². The highest BCUT2D eigenvalue weighted by Crippen LogP contribution is 2.34. The summed E-state index contributed by atoms with van der Waals surface area (Å²) in [5, 5.41) is 167. The number of ether oxygens (including phenoxy) is 11.